The molecule has 2 heterocycles. The highest BCUT2D eigenvalue weighted by Gasteiger charge is 2.19. The van der Waals surface area contributed by atoms with E-state index in [2.05, 4.69) is 21.9 Å². The number of halogens is 1. The molecule has 2 saturated heterocycles. The first-order valence-corrected chi connectivity index (χ1v) is 9.11. The van der Waals surface area contributed by atoms with E-state index in [0.717, 1.165) is 70.1 Å². The van der Waals surface area contributed by atoms with Crippen LogP contribution in [0, 0.1) is 0 Å². The van der Waals surface area contributed by atoms with Crippen molar-refractivity contribution < 1.29 is 4.79 Å². The first-order chi connectivity index (χ1) is 11.2. The van der Waals surface area contributed by atoms with Crippen molar-refractivity contribution in [3.63, 3.8) is 0 Å². The molecule has 0 N–H and O–H groups in total. The Labute approximate surface area is 144 Å². The van der Waals surface area contributed by atoms with E-state index < -0.39 is 0 Å². The monoisotopic (exact) mass is 335 g/mol. The van der Waals surface area contributed by atoms with Gasteiger partial charge in [0.25, 0.3) is 0 Å². The Kier molecular flexibility index (Phi) is 5.79. The lowest BCUT2D eigenvalue weighted by atomic mass is 10.1. The van der Waals surface area contributed by atoms with Crippen LogP contribution in [0.1, 0.15) is 25.7 Å². The van der Waals surface area contributed by atoms with Crippen molar-refractivity contribution in [2.45, 2.75) is 25.7 Å². The normalized spacial score (nSPS) is 20.1. The third-order valence-corrected chi connectivity index (χ3v) is 5.14. The van der Waals surface area contributed by atoms with Crippen molar-refractivity contribution in [2.75, 3.05) is 50.7 Å². The molecule has 0 spiro atoms. The zero-order valence-electron chi connectivity index (χ0n) is 13.7. The van der Waals surface area contributed by atoms with Crippen LogP contribution in [-0.4, -0.2) is 61.5 Å². The van der Waals surface area contributed by atoms with Gasteiger partial charge in [0.05, 0.1) is 0 Å². The minimum atomic E-state index is 0.351. The zero-order chi connectivity index (χ0) is 16.1. The summed E-state index contributed by atoms with van der Waals surface area (Å²) in [6.07, 6.45) is 4.08. The maximum absolute atomic E-state index is 11.8. The number of amides is 1. The van der Waals surface area contributed by atoms with Gasteiger partial charge in [-0.25, -0.2) is 0 Å². The molecule has 0 aliphatic carbocycles. The average molecular weight is 336 g/mol. The molecule has 0 aromatic heterocycles. The largest absolute Gasteiger partial charge is 0.369 e. The van der Waals surface area contributed by atoms with E-state index in [9.17, 15) is 4.79 Å². The summed E-state index contributed by atoms with van der Waals surface area (Å²) in [6.45, 7) is 7.29. The van der Waals surface area contributed by atoms with E-state index in [-0.39, 0.29) is 0 Å². The van der Waals surface area contributed by atoms with Gasteiger partial charge >= 0.3 is 0 Å². The molecular formula is C18H26ClN3O. The molecule has 2 fully saturated rings. The van der Waals surface area contributed by atoms with Gasteiger partial charge in [-0.05, 0) is 50.1 Å². The first-order valence-electron chi connectivity index (χ1n) is 8.73. The van der Waals surface area contributed by atoms with Crippen LogP contribution >= 0.6 is 11.6 Å². The van der Waals surface area contributed by atoms with E-state index >= 15 is 0 Å². The standard InChI is InChI=1S/C18H26ClN3O/c19-16-5-7-17(8-6-16)21-14-12-20(13-15-21)9-3-11-22-10-2-1-4-18(22)23/h5-8H,1-4,9-15H2. The van der Waals surface area contributed by atoms with E-state index in [4.69, 9.17) is 11.6 Å². The van der Waals surface area contributed by atoms with Crippen LogP contribution in [-0.2, 0) is 4.79 Å². The van der Waals surface area contributed by atoms with Crippen molar-refractivity contribution in [2.24, 2.45) is 0 Å². The Hall–Kier alpha value is -1.26. The Bertz CT molecular complexity index is 512. The number of piperidine rings is 1. The molecule has 0 saturated carbocycles. The second kappa shape index (κ2) is 8.02. The molecule has 2 aliphatic rings. The number of nitrogens with zero attached hydrogens (tertiary/aromatic N) is 3. The molecule has 126 valence electrons. The van der Waals surface area contributed by atoms with Gasteiger partial charge in [-0.3, -0.25) is 9.69 Å². The second-order valence-corrected chi connectivity index (χ2v) is 6.93. The summed E-state index contributed by atoms with van der Waals surface area (Å²) in [5.41, 5.74) is 1.26. The minimum absolute atomic E-state index is 0.351. The summed E-state index contributed by atoms with van der Waals surface area (Å²) in [5.74, 6) is 0.351. The maximum Gasteiger partial charge on any atom is 0.222 e. The van der Waals surface area contributed by atoms with Crippen LogP contribution < -0.4 is 4.90 Å². The van der Waals surface area contributed by atoms with Crippen LogP contribution in [0.5, 0.6) is 0 Å². The fourth-order valence-corrected chi connectivity index (χ4v) is 3.59. The molecule has 0 unspecified atom stereocenters. The number of piperazine rings is 1. The lowest BCUT2D eigenvalue weighted by Crippen LogP contribution is -2.47. The summed E-state index contributed by atoms with van der Waals surface area (Å²) in [7, 11) is 0. The third-order valence-electron chi connectivity index (χ3n) is 4.89. The summed E-state index contributed by atoms with van der Waals surface area (Å²) < 4.78 is 0. The van der Waals surface area contributed by atoms with Gasteiger partial charge in [-0.1, -0.05) is 11.6 Å². The molecule has 5 heteroatoms. The van der Waals surface area contributed by atoms with Gasteiger partial charge in [0, 0.05) is 56.4 Å². The number of likely N-dealkylation sites (tertiary alicyclic amines) is 1. The molecule has 3 rings (SSSR count). The summed E-state index contributed by atoms with van der Waals surface area (Å²) >= 11 is 5.95. The van der Waals surface area contributed by atoms with Crippen molar-refractivity contribution in [1.29, 1.82) is 0 Å². The fourth-order valence-electron chi connectivity index (χ4n) is 3.46. The lowest BCUT2D eigenvalue weighted by molar-refractivity contribution is -0.133. The second-order valence-electron chi connectivity index (χ2n) is 6.50. The number of hydrogen-bond acceptors (Lipinski definition) is 3. The quantitative estimate of drug-likeness (QED) is 0.828. The molecule has 1 aromatic rings. The van der Waals surface area contributed by atoms with E-state index in [1.165, 1.54) is 12.1 Å². The molecule has 0 radical (unpaired) electrons. The molecule has 2 aliphatic heterocycles. The Balaban J connectivity index is 1.37. The molecule has 1 amide bonds. The fraction of sp³-hybridized carbons (Fsp3) is 0.611. The molecule has 0 atom stereocenters. The summed E-state index contributed by atoms with van der Waals surface area (Å²) in [4.78, 5) is 18.8. The highest BCUT2D eigenvalue weighted by Crippen LogP contribution is 2.19. The number of hydrogen-bond donors (Lipinski definition) is 0. The number of rotatable bonds is 5. The Morgan fingerprint density at radius 1 is 0.913 bits per heavy atom. The van der Waals surface area contributed by atoms with Crippen LogP contribution in [0.3, 0.4) is 0 Å². The molecular weight excluding hydrogens is 310 g/mol. The average Bonchev–Trinajstić information content (AvgIpc) is 2.58. The van der Waals surface area contributed by atoms with E-state index in [1.54, 1.807) is 0 Å². The van der Waals surface area contributed by atoms with Crippen LogP contribution in [0.15, 0.2) is 24.3 Å². The van der Waals surface area contributed by atoms with Crippen LogP contribution in [0.2, 0.25) is 5.02 Å². The number of carbonyl (C=O) groups is 1. The maximum atomic E-state index is 11.8. The zero-order valence-corrected chi connectivity index (χ0v) is 14.5. The van der Waals surface area contributed by atoms with Gasteiger partial charge in [0.2, 0.25) is 5.91 Å². The van der Waals surface area contributed by atoms with Crippen molar-refractivity contribution in [1.82, 2.24) is 9.80 Å². The summed E-state index contributed by atoms with van der Waals surface area (Å²) in [5, 5.41) is 0.791. The van der Waals surface area contributed by atoms with E-state index in [1.807, 2.05) is 17.0 Å². The number of benzene rings is 1. The minimum Gasteiger partial charge on any atom is -0.369 e. The Morgan fingerprint density at radius 2 is 1.65 bits per heavy atom. The van der Waals surface area contributed by atoms with Crippen molar-refractivity contribution >= 4 is 23.2 Å². The Morgan fingerprint density at radius 3 is 2.35 bits per heavy atom. The van der Waals surface area contributed by atoms with Gasteiger partial charge in [0.1, 0.15) is 0 Å². The van der Waals surface area contributed by atoms with Gasteiger partial charge < -0.3 is 9.80 Å². The van der Waals surface area contributed by atoms with Crippen LogP contribution in [0.25, 0.3) is 0 Å². The SMILES string of the molecule is O=C1CCCCN1CCCN1CCN(c2ccc(Cl)cc2)CC1. The molecule has 1 aromatic carbocycles. The predicted molar refractivity (Wildman–Crippen MR) is 95.2 cm³/mol. The smallest absolute Gasteiger partial charge is 0.222 e. The van der Waals surface area contributed by atoms with Crippen molar-refractivity contribution in [3.05, 3.63) is 29.3 Å². The number of carbonyl (C=O) groups excluding carboxylic acids is 1. The van der Waals surface area contributed by atoms with Crippen molar-refractivity contribution in [3.8, 4) is 0 Å². The molecule has 4 nitrogen and oxygen atoms in total. The van der Waals surface area contributed by atoms with Gasteiger partial charge in [-0.15, -0.1) is 0 Å². The van der Waals surface area contributed by atoms with Gasteiger partial charge in [0.15, 0.2) is 0 Å². The molecule has 0 bridgehead atoms. The predicted octanol–water partition coefficient (Wildman–Crippen LogP) is 2.86. The lowest BCUT2D eigenvalue weighted by Gasteiger charge is -2.36. The summed E-state index contributed by atoms with van der Waals surface area (Å²) in [6, 6.07) is 8.11. The highest BCUT2D eigenvalue weighted by atomic mass is 35.5. The molecule has 23 heavy (non-hydrogen) atoms. The topological polar surface area (TPSA) is 26.8 Å². The van der Waals surface area contributed by atoms with E-state index in [0.29, 0.717) is 5.91 Å². The number of anilines is 1. The third kappa shape index (κ3) is 4.61. The first kappa shape index (κ1) is 16.6. The highest BCUT2D eigenvalue weighted by molar-refractivity contribution is 6.30. The van der Waals surface area contributed by atoms with Crippen LogP contribution in [0.4, 0.5) is 5.69 Å². The van der Waals surface area contributed by atoms with Gasteiger partial charge in [-0.2, -0.15) is 0 Å².